The van der Waals surface area contributed by atoms with Crippen LogP contribution in [0.15, 0.2) is 12.4 Å². The SMILES string of the molecule is NC(O)c1nccnc1Cl. The molecule has 0 saturated carbocycles. The second-order valence-electron chi connectivity index (χ2n) is 1.68. The summed E-state index contributed by atoms with van der Waals surface area (Å²) in [4.78, 5) is 7.37. The second kappa shape index (κ2) is 2.92. The Morgan fingerprint density at radius 2 is 2.10 bits per heavy atom. The van der Waals surface area contributed by atoms with Crippen LogP contribution in [-0.2, 0) is 0 Å². The lowest BCUT2D eigenvalue weighted by Crippen LogP contribution is -2.11. The fourth-order valence-corrected chi connectivity index (χ4v) is 0.747. The van der Waals surface area contributed by atoms with Gasteiger partial charge in [-0.15, -0.1) is 0 Å². The van der Waals surface area contributed by atoms with Gasteiger partial charge in [0.05, 0.1) is 0 Å². The smallest absolute Gasteiger partial charge is 0.154 e. The molecule has 1 rings (SSSR count). The highest BCUT2D eigenvalue weighted by molar-refractivity contribution is 6.30. The summed E-state index contributed by atoms with van der Waals surface area (Å²) in [6.07, 6.45) is 1.69. The number of aromatic nitrogens is 2. The zero-order valence-electron chi connectivity index (χ0n) is 5.03. The zero-order valence-corrected chi connectivity index (χ0v) is 5.78. The summed E-state index contributed by atoms with van der Waals surface area (Å²) in [5.74, 6) is 0. The summed E-state index contributed by atoms with van der Waals surface area (Å²) in [6, 6.07) is 0. The van der Waals surface area contributed by atoms with Crippen LogP contribution in [-0.4, -0.2) is 15.1 Å². The molecule has 1 aromatic rings. The first kappa shape index (κ1) is 7.40. The monoisotopic (exact) mass is 159 g/mol. The molecule has 0 aromatic carbocycles. The van der Waals surface area contributed by atoms with Gasteiger partial charge in [0.2, 0.25) is 0 Å². The van der Waals surface area contributed by atoms with Gasteiger partial charge in [-0.2, -0.15) is 0 Å². The quantitative estimate of drug-likeness (QED) is 0.570. The highest BCUT2D eigenvalue weighted by Gasteiger charge is 2.07. The van der Waals surface area contributed by atoms with Gasteiger partial charge >= 0.3 is 0 Å². The maximum Gasteiger partial charge on any atom is 0.154 e. The van der Waals surface area contributed by atoms with Gasteiger partial charge < -0.3 is 10.8 Å². The zero-order chi connectivity index (χ0) is 7.56. The molecule has 1 atom stereocenters. The lowest BCUT2D eigenvalue weighted by atomic mass is 10.4. The lowest BCUT2D eigenvalue weighted by Gasteiger charge is -2.02. The van der Waals surface area contributed by atoms with Crippen LogP contribution in [0, 0.1) is 0 Å². The molecular formula is C5H6ClN3O. The summed E-state index contributed by atoms with van der Waals surface area (Å²) < 4.78 is 0. The Labute approximate surface area is 62.7 Å². The average Bonchev–Trinajstić information content (AvgIpc) is 1.88. The normalized spacial score (nSPS) is 13.1. The first-order valence-corrected chi connectivity index (χ1v) is 2.99. The molecule has 0 aliphatic heterocycles. The third kappa shape index (κ3) is 1.41. The largest absolute Gasteiger partial charge is 0.373 e. The molecule has 54 valence electrons. The van der Waals surface area contributed by atoms with Gasteiger partial charge in [0.15, 0.2) is 5.15 Å². The minimum atomic E-state index is -1.15. The highest BCUT2D eigenvalue weighted by Crippen LogP contribution is 2.12. The standard InChI is InChI=1S/C5H6ClN3O/c6-4-3(5(7)10)8-1-2-9-4/h1-2,5,10H,7H2. The van der Waals surface area contributed by atoms with Crippen LogP contribution in [0.25, 0.3) is 0 Å². The number of hydrogen-bond acceptors (Lipinski definition) is 4. The molecule has 0 bridgehead atoms. The highest BCUT2D eigenvalue weighted by atomic mass is 35.5. The van der Waals surface area contributed by atoms with Crippen molar-refractivity contribution in [3.63, 3.8) is 0 Å². The number of hydrogen-bond donors (Lipinski definition) is 2. The Balaban J connectivity index is 3.03. The van der Waals surface area contributed by atoms with E-state index in [4.69, 9.17) is 22.4 Å². The summed E-state index contributed by atoms with van der Waals surface area (Å²) in [5.41, 5.74) is 5.28. The molecule has 1 heterocycles. The topological polar surface area (TPSA) is 72.0 Å². The van der Waals surface area contributed by atoms with Crippen LogP contribution in [0.2, 0.25) is 5.15 Å². The first-order valence-electron chi connectivity index (χ1n) is 2.62. The molecule has 0 fully saturated rings. The van der Waals surface area contributed by atoms with Crippen LogP contribution in [0.1, 0.15) is 11.9 Å². The van der Waals surface area contributed by atoms with Crippen molar-refractivity contribution >= 4 is 11.6 Å². The number of nitrogens with zero attached hydrogens (tertiary/aromatic N) is 2. The van der Waals surface area contributed by atoms with Gasteiger partial charge in [-0.1, -0.05) is 11.6 Å². The van der Waals surface area contributed by atoms with Crippen LogP contribution in [0.5, 0.6) is 0 Å². The number of rotatable bonds is 1. The first-order chi connectivity index (χ1) is 4.72. The second-order valence-corrected chi connectivity index (χ2v) is 2.04. The van der Waals surface area contributed by atoms with Crippen LogP contribution in [0.3, 0.4) is 0 Å². The van der Waals surface area contributed by atoms with Gasteiger partial charge in [-0.25, -0.2) is 4.98 Å². The molecule has 1 unspecified atom stereocenters. The van der Waals surface area contributed by atoms with Crippen LogP contribution < -0.4 is 5.73 Å². The number of halogens is 1. The molecule has 10 heavy (non-hydrogen) atoms. The molecule has 0 amide bonds. The fourth-order valence-electron chi connectivity index (χ4n) is 0.530. The van der Waals surface area contributed by atoms with Crippen molar-refractivity contribution in [2.24, 2.45) is 5.73 Å². The van der Waals surface area contributed by atoms with E-state index in [0.717, 1.165) is 0 Å². The molecule has 0 saturated heterocycles. The molecule has 1 aromatic heterocycles. The molecule has 0 spiro atoms. The number of aliphatic hydroxyl groups is 1. The van der Waals surface area contributed by atoms with E-state index in [2.05, 4.69) is 9.97 Å². The number of nitrogens with two attached hydrogens (primary N) is 1. The molecule has 0 aliphatic carbocycles. The Morgan fingerprint density at radius 3 is 2.50 bits per heavy atom. The summed E-state index contributed by atoms with van der Waals surface area (Å²) >= 11 is 5.51. The average molecular weight is 160 g/mol. The summed E-state index contributed by atoms with van der Waals surface area (Å²) in [5, 5.41) is 8.93. The van der Waals surface area contributed by atoms with Crippen molar-refractivity contribution in [1.82, 2.24) is 9.97 Å². The third-order valence-corrected chi connectivity index (χ3v) is 1.25. The van der Waals surface area contributed by atoms with Crippen molar-refractivity contribution in [1.29, 1.82) is 0 Å². The minimum Gasteiger partial charge on any atom is -0.373 e. The minimum absolute atomic E-state index is 0.137. The predicted octanol–water partition coefficient (Wildman–Crippen LogP) is 0.0796. The van der Waals surface area contributed by atoms with Gasteiger partial charge in [0.1, 0.15) is 11.9 Å². The molecule has 5 heteroatoms. The maximum atomic E-state index is 8.80. The summed E-state index contributed by atoms with van der Waals surface area (Å²) in [7, 11) is 0. The van der Waals surface area contributed by atoms with E-state index in [9.17, 15) is 0 Å². The van der Waals surface area contributed by atoms with E-state index in [1.165, 1.54) is 12.4 Å². The van der Waals surface area contributed by atoms with Gasteiger partial charge in [-0.3, -0.25) is 4.98 Å². The van der Waals surface area contributed by atoms with E-state index >= 15 is 0 Å². The van der Waals surface area contributed by atoms with Crippen molar-refractivity contribution in [3.05, 3.63) is 23.2 Å². The molecule has 0 radical (unpaired) electrons. The van der Waals surface area contributed by atoms with Gasteiger partial charge in [0.25, 0.3) is 0 Å². The van der Waals surface area contributed by atoms with E-state index in [-0.39, 0.29) is 10.8 Å². The molecule has 0 aliphatic rings. The van der Waals surface area contributed by atoms with E-state index < -0.39 is 6.23 Å². The Hall–Kier alpha value is -0.710. The molecule has 4 nitrogen and oxygen atoms in total. The molecule has 3 N–H and O–H groups in total. The van der Waals surface area contributed by atoms with E-state index in [1.807, 2.05) is 0 Å². The lowest BCUT2D eigenvalue weighted by molar-refractivity contribution is 0.181. The van der Waals surface area contributed by atoms with Crippen molar-refractivity contribution in [2.45, 2.75) is 6.23 Å². The Kier molecular flexibility index (Phi) is 2.16. The van der Waals surface area contributed by atoms with Crippen molar-refractivity contribution in [3.8, 4) is 0 Å². The molecular weight excluding hydrogens is 154 g/mol. The third-order valence-electron chi connectivity index (χ3n) is 0.960. The number of aliphatic hydroxyl groups excluding tert-OH is 1. The van der Waals surface area contributed by atoms with Crippen LogP contribution >= 0.6 is 11.6 Å². The van der Waals surface area contributed by atoms with Crippen molar-refractivity contribution in [2.75, 3.05) is 0 Å². The van der Waals surface area contributed by atoms with Crippen LogP contribution in [0.4, 0.5) is 0 Å². The van der Waals surface area contributed by atoms with E-state index in [1.54, 1.807) is 0 Å². The van der Waals surface area contributed by atoms with Gasteiger partial charge in [-0.05, 0) is 0 Å². The fraction of sp³-hybridized carbons (Fsp3) is 0.200. The van der Waals surface area contributed by atoms with Gasteiger partial charge in [0, 0.05) is 12.4 Å². The Morgan fingerprint density at radius 1 is 1.50 bits per heavy atom. The van der Waals surface area contributed by atoms with Crippen molar-refractivity contribution < 1.29 is 5.11 Å². The maximum absolute atomic E-state index is 8.80. The van der Waals surface area contributed by atoms with E-state index in [0.29, 0.717) is 0 Å². The summed E-state index contributed by atoms with van der Waals surface area (Å²) in [6.45, 7) is 0. The predicted molar refractivity (Wildman–Crippen MR) is 36.2 cm³/mol. The Bertz CT molecular complexity index is 228.